The lowest BCUT2D eigenvalue weighted by atomic mass is 10.0. The predicted molar refractivity (Wildman–Crippen MR) is 109 cm³/mol. The van der Waals surface area contributed by atoms with Gasteiger partial charge in [-0.15, -0.1) is 0 Å². The predicted octanol–water partition coefficient (Wildman–Crippen LogP) is 1.25. The number of likely N-dealkylation sites (tertiary alicyclic amines) is 1. The Bertz CT molecular complexity index is 907. The molecule has 0 radical (unpaired) electrons. The number of nitrogens with one attached hydrogen (secondary N) is 2. The molecule has 0 unspecified atom stereocenters. The zero-order chi connectivity index (χ0) is 21.1. The van der Waals surface area contributed by atoms with E-state index < -0.39 is 30.0 Å². The van der Waals surface area contributed by atoms with Crippen LogP contribution in [0.15, 0.2) is 30.5 Å². The minimum Gasteiger partial charge on any atom is -0.480 e. The van der Waals surface area contributed by atoms with E-state index in [-0.39, 0.29) is 11.8 Å². The quantitative estimate of drug-likeness (QED) is 0.556. The van der Waals surface area contributed by atoms with E-state index in [1.807, 2.05) is 44.3 Å². The molecule has 1 aromatic carbocycles. The molecule has 29 heavy (non-hydrogen) atoms. The maximum absolute atomic E-state index is 13.0. The summed E-state index contributed by atoms with van der Waals surface area (Å²) < 4.78 is 0. The van der Waals surface area contributed by atoms with Gasteiger partial charge in [0.15, 0.2) is 0 Å². The Hall–Kier alpha value is -2.87. The van der Waals surface area contributed by atoms with Crippen LogP contribution in [0, 0.1) is 5.92 Å². The molecule has 2 heterocycles. The fourth-order valence-electron chi connectivity index (χ4n) is 3.87. The van der Waals surface area contributed by atoms with Gasteiger partial charge in [0, 0.05) is 23.6 Å². The summed E-state index contributed by atoms with van der Waals surface area (Å²) in [5, 5.41) is 13.1. The number of nitrogens with zero attached hydrogens (tertiary/aromatic N) is 1. The smallest absolute Gasteiger partial charge is 0.326 e. The Kier molecular flexibility index (Phi) is 6.22. The number of aliphatic carboxylic acids is 1. The van der Waals surface area contributed by atoms with Gasteiger partial charge < -0.3 is 26.0 Å². The number of aromatic amines is 1. The third-order valence-electron chi connectivity index (χ3n) is 5.50. The number of carbonyl (C=O) groups is 3. The molecule has 3 rings (SSSR count). The van der Waals surface area contributed by atoms with Crippen molar-refractivity contribution in [2.45, 2.75) is 51.2 Å². The number of carboxylic acid groups (broad SMARTS) is 1. The number of fused-ring (bicyclic) bond motifs is 1. The molecule has 1 aliphatic rings. The van der Waals surface area contributed by atoms with Crippen LogP contribution in [-0.4, -0.2) is 57.4 Å². The van der Waals surface area contributed by atoms with Gasteiger partial charge >= 0.3 is 5.97 Å². The van der Waals surface area contributed by atoms with E-state index in [9.17, 15) is 19.5 Å². The molecule has 0 bridgehead atoms. The molecule has 8 heteroatoms. The van der Waals surface area contributed by atoms with Gasteiger partial charge in [0.05, 0.1) is 6.04 Å². The molecule has 1 fully saturated rings. The van der Waals surface area contributed by atoms with Gasteiger partial charge in [0.2, 0.25) is 11.8 Å². The summed E-state index contributed by atoms with van der Waals surface area (Å²) in [4.78, 5) is 41.6. The van der Waals surface area contributed by atoms with Crippen molar-refractivity contribution in [3.63, 3.8) is 0 Å². The number of hydrogen-bond acceptors (Lipinski definition) is 4. The average molecular weight is 400 g/mol. The topological polar surface area (TPSA) is 129 Å². The summed E-state index contributed by atoms with van der Waals surface area (Å²) in [5.74, 6) is -1.99. The minimum absolute atomic E-state index is 0.193. The molecule has 5 N–H and O–H groups in total. The van der Waals surface area contributed by atoms with Gasteiger partial charge in [-0.1, -0.05) is 32.0 Å². The van der Waals surface area contributed by atoms with Crippen molar-refractivity contribution < 1.29 is 19.5 Å². The van der Waals surface area contributed by atoms with E-state index >= 15 is 0 Å². The van der Waals surface area contributed by atoms with E-state index in [1.165, 1.54) is 4.90 Å². The fourth-order valence-corrected chi connectivity index (χ4v) is 3.87. The van der Waals surface area contributed by atoms with E-state index in [0.717, 1.165) is 16.5 Å². The Labute approximate surface area is 169 Å². The molecule has 8 nitrogen and oxygen atoms in total. The second-order valence-electron chi connectivity index (χ2n) is 7.93. The molecule has 0 aliphatic carbocycles. The van der Waals surface area contributed by atoms with Crippen LogP contribution in [0.25, 0.3) is 10.9 Å². The first-order valence-corrected chi connectivity index (χ1v) is 9.93. The number of rotatable bonds is 7. The summed E-state index contributed by atoms with van der Waals surface area (Å²) in [6.45, 7) is 4.02. The summed E-state index contributed by atoms with van der Waals surface area (Å²) in [5.41, 5.74) is 8.04. The van der Waals surface area contributed by atoms with Crippen molar-refractivity contribution in [2.75, 3.05) is 6.54 Å². The molecule has 1 saturated heterocycles. The molecule has 0 spiro atoms. The Balaban J connectivity index is 1.69. The van der Waals surface area contributed by atoms with Crippen molar-refractivity contribution in [2.24, 2.45) is 11.7 Å². The van der Waals surface area contributed by atoms with Gasteiger partial charge in [0.25, 0.3) is 0 Å². The van der Waals surface area contributed by atoms with Crippen LogP contribution in [0.1, 0.15) is 32.3 Å². The number of aromatic nitrogens is 1. The van der Waals surface area contributed by atoms with Crippen LogP contribution >= 0.6 is 0 Å². The normalized spacial score (nSPS) is 18.8. The van der Waals surface area contributed by atoms with Crippen LogP contribution < -0.4 is 11.1 Å². The second-order valence-corrected chi connectivity index (χ2v) is 7.93. The number of amides is 2. The third-order valence-corrected chi connectivity index (χ3v) is 5.50. The third kappa shape index (κ3) is 4.42. The van der Waals surface area contributed by atoms with Crippen molar-refractivity contribution in [3.8, 4) is 0 Å². The van der Waals surface area contributed by atoms with Crippen LogP contribution in [0.4, 0.5) is 0 Å². The molecular formula is C21H28N4O4. The Morgan fingerprint density at radius 3 is 2.72 bits per heavy atom. The SMILES string of the molecule is CC(C)[C@H](NC(=O)[C@@H](N)Cc1c[nH]c2ccccc12)C(=O)N1CCC[C@H]1C(=O)O. The highest BCUT2D eigenvalue weighted by Gasteiger charge is 2.39. The molecule has 3 atom stereocenters. The standard InChI is InChI=1S/C21H28N4O4/c1-12(2)18(20(27)25-9-5-8-17(25)21(28)29)24-19(26)15(22)10-13-11-23-16-7-4-3-6-14(13)16/h3-4,6-7,11-12,15,17-18,23H,5,8-10,22H2,1-2H3,(H,24,26)(H,28,29)/t15-,17-,18-/m0/s1. The average Bonchev–Trinajstić information content (AvgIpc) is 3.33. The highest BCUT2D eigenvalue weighted by atomic mass is 16.4. The number of carbonyl (C=O) groups excluding carboxylic acids is 2. The van der Waals surface area contributed by atoms with Gasteiger partial charge in [-0.05, 0) is 36.8 Å². The first-order chi connectivity index (χ1) is 13.8. The molecular weight excluding hydrogens is 372 g/mol. The van der Waals surface area contributed by atoms with Crippen LogP contribution in [0.2, 0.25) is 0 Å². The zero-order valence-corrected chi connectivity index (χ0v) is 16.7. The summed E-state index contributed by atoms with van der Waals surface area (Å²) in [6.07, 6.45) is 3.24. The lowest BCUT2D eigenvalue weighted by molar-refractivity contribution is -0.150. The molecule has 156 valence electrons. The Morgan fingerprint density at radius 2 is 2.03 bits per heavy atom. The highest BCUT2D eigenvalue weighted by Crippen LogP contribution is 2.21. The minimum atomic E-state index is -1.01. The number of nitrogens with two attached hydrogens (primary N) is 1. The van der Waals surface area contributed by atoms with Gasteiger partial charge in [-0.3, -0.25) is 9.59 Å². The number of benzene rings is 1. The van der Waals surface area contributed by atoms with Crippen LogP contribution in [0.3, 0.4) is 0 Å². The highest BCUT2D eigenvalue weighted by molar-refractivity contribution is 5.93. The van der Waals surface area contributed by atoms with E-state index in [1.54, 1.807) is 0 Å². The molecule has 2 amide bonds. The number of para-hydroxylation sites is 1. The fraction of sp³-hybridized carbons (Fsp3) is 0.476. The van der Waals surface area contributed by atoms with Gasteiger partial charge in [0.1, 0.15) is 12.1 Å². The van der Waals surface area contributed by atoms with E-state index in [4.69, 9.17) is 5.73 Å². The number of hydrogen-bond donors (Lipinski definition) is 4. The molecule has 1 aromatic heterocycles. The summed E-state index contributed by atoms with van der Waals surface area (Å²) in [6, 6.07) is 5.30. The zero-order valence-electron chi connectivity index (χ0n) is 16.7. The van der Waals surface area contributed by atoms with Crippen molar-refractivity contribution in [1.82, 2.24) is 15.2 Å². The number of carboxylic acids is 1. The molecule has 1 aliphatic heterocycles. The largest absolute Gasteiger partial charge is 0.480 e. The first-order valence-electron chi connectivity index (χ1n) is 9.93. The van der Waals surface area contributed by atoms with Gasteiger partial charge in [-0.2, -0.15) is 0 Å². The summed E-state index contributed by atoms with van der Waals surface area (Å²) in [7, 11) is 0. The molecule has 0 saturated carbocycles. The van der Waals surface area contributed by atoms with Crippen LogP contribution in [0.5, 0.6) is 0 Å². The molecule has 2 aromatic rings. The van der Waals surface area contributed by atoms with Crippen molar-refractivity contribution in [3.05, 3.63) is 36.0 Å². The van der Waals surface area contributed by atoms with Crippen molar-refractivity contribution in [1.29, 1.82) is 0 Å². The van der Waals surface area contributed by atoms with E-state index in [0.29, 0.717) is 25.8 Å². The monoisotopic (exact) mass is 400 g/mol. The van der Waals surface area contributed by atoms with Gasteiger partial charge in [-0.25, -0.2) is 4.79 Å². The number of H-pyrrole nitrogens is 1. The van der Waals surface area contributed by atoms with E-state index in [2.05, 4.69) is 10.3 Å². The summed E-state index contributed by atoms with van der Waals surface area (Å²) >= 11 is 0. The maximum Gasteiger partial charge on any atom is 0.326 e. The second kappa shape index (κ2) is 8.65. The first kappa shape index (κ1) is 20.9. The maximum atomic E-state index is 13.0. The van der Waals surface area contributed by atoms with Crippen molar-refractivity contribution >= 4 is 28.7 Å². The lowest BCUT2D eigenvalue weighted by Gasteiger charge is -2.30. The Morgan fingerprint density at radius 1 is 1.31 bits per heavy atom. The van der Waals surface area contributed by atoms with Crippen LogP contribution in [-0.2, 0) is 20.8 Å². The lowest BCUT2D eigenvalue weighted by Crippen LogP contribution is -2.56.